The Bertz CT molecular complexity index is 622. The smallest absolute Gasteiger partial charge is 0.162 e. The van der Waals surface area contributed by atoms with Gasteiger partial charge < -0.3 is 20.1 Å². The summed E-state index contributed by atoms with van der Waals surface area (Å²) in [5, 5.41) is 30.5. The first-order chi connectivity index (χ1) is 12.1. The molecule has 0 radical (unpaired) electrons. The van der Waals surface area contributed by atoms with E-state index in [1.807, 2.05) is 6.08 Å². The Morgan fingerprint density at radius 1 is 1.35 bits per heavy atom. The van der Waals surface area contributed by atoms with Crippen LogP contribution in [0.25, 0.3) is 0 Å². The van der Waals surface area contributed by atoms with E-state index < -0.39 is 17.8 Å². The fraction of sp³-hybridized carbons (Fsp3) is 0.667. The summed E-state index contributed by atoms with van der Waals surface area (Å²) < 4.78 is 5.99. The van der Waals surface area contributed by atoms with Crippen LogP contribution in [0.15, 0.2) is 34.6 Å². The summed E-state index contributed by atoms with van der Waals surface area (Å²) >= 11 is 0. The number of aliphatic hydroxyl groups excluding tert-OH is 2. The van der Waals surface area contributed by atoms with Crippen LogP contribution >= 0.6 is 0 Å². The van der Waals surface area contributed by atoms with Crippen molar-refractivity contribution >= 4 is 5.78 Å². The predicted molar refractivity (Wildman–Crippen MR) is 101 cm³/mol. The molecule has 4 unspecified atom stereocenters. The van der Waals surface area contributed by atoms with Crippen molar-refractivity contribution in [1.29, 1.82) is 0 Å². The average Bonchev–Trinajstić information content (AvgIpc) is 2.80. The number of Topliss-reactive ketones (excluding diaryl/α,β-unsaturated/α-hetero) is 1. The molecule has 5 nitrogen and oxygen atoms in total. The van der Waals surface area contributed by atoms with Gasteiger partial charge in [0.05, 0.1) is 17.8 Å². The molecular formula is C21H32O5. The molecule has 0 spiro atoms. The molecule has 2 rings (SSSR count). The van der Waals surface area contributed by atoms with Gasteiger partial charge in [-0.25, -0.2) is 0 Å². The number of carbonyl (C=O) groups is 1. The van der Waals surface area contributed by atoms with Crippen LogP contribution in [0.1, 0.15) is 66.2 Å². The van der Waals surface area contributed by atoms with Gasteiger partial charge in [0, 0.05) is 24.8 Å². The highest BCUT2D eigenvalue weighted by molar-refractivity contribution is 5.96. The Morgan fingerprint density at radius 3 is 2.69 bits per heavy atom. The molecule has 0 aromatic carbocycles. The summed E-state index contributed by atoms with van der Waals surface area (Å²) in [4.78, 5) is 12.1. The monoisotopic (exact) mass is 364 g/mol. The first-order valence-corrected chi connectivity index (χ1v) is 9.42. The van der Waals surface area contributed by atoms with Gasteiger partial charge >= 0.3 is 0 Å². The minimum absolute atomic E-state index is 0.121. The van der Waals surface area contributed by atoms with Crippen LogP contribution in [0.5, 0.6) is 0 Å². The van der Waals surface area contributed by atoms with Gasteiger partial charge in [0.25, 0.3) is 0 Å². The van der Waals surface area contributed by atoms with Crippen molar-refractivity contribution in [3.8, 4) is 0 Å². The molecule has 146 valence electrons. The molecule has 26 heavy (non-hydrogen) atoms. The largest absolute Gasteiger partial charge is 0.509 e. The van der Waals surface area contributed by atoms with Crippen molar-refractivity contribution in [3.05, 3.63) is 34.6 Å². The van der Waals surface area contributed by atoms with Gasteiger partial charge in [0.1, 0.15) is 11.9 Å². The lowest BCUT2D eigenvalue weighted by molar-refractivity contribution is -0.118. The van der Waals surface area contributed by atoms with Gasteiger partial charge in [-0.15, -0.1) is 0 Å². The van der Waals surface area contributed by atoms with Crippen LogP contribution in [-0.4, -0.2) is 45.0 Å². The number of ketones is 1. The van der Waals surface area contributed by atoms with Gasteiger partial charge in [-0.3, -0.25) is 4.79 Å². The molecule has 4 atom stereocenters. The zero-order valence-corrected chi connectivity index (χ0v) is 16.3. The summed E-state index contributed by atoms with van der Waals surface area (Å²) in [6.07, 6.45) is 5.38. The summed E-state index contributed by atoms with van der Waals surface area (Å²) in [6.45, 7) is 7.91. The molecular weight excluding hydrogens is 332 g/mol. The number of carbonyl (C=O) groups excluding carboxylic acids is 1. The Labute approximate surface area is 156 Å². The van der Waals surface area contributed by atoms with E-state index in [9.17, 15) is 20.1 Å². The molecule has 3 N–H and O–H groups in total. The van der Waals surface area contributed by atoms with Crippen molar-refractivity contribution < 1.29 is 24.9 Å². The maximum absolute atomic E-state index is 12.1. The van der Waals surface area contributed by atoms with Crippen molar-refractivity contribution in [1.82, 2.24) is 0 Å². The molecule has 1 saturated heterocycles. The van der Waals surface area contributed by atoms with Crippen molar-refractivity contribution in [2.75, 3.05) is 0 Å². The zero-order valence-electron chi connectivity index (χ0n) is 16.3. The molecule has 2 aliphatic rings. The topological polar surface area (TPSA) is 87.0 Å². The Balaban J connectivity index is 2.04. The maximum atomic E-state index is 12.1. The molecule has 0 amide bonds. The summed E-state index contributed by atoms with van der Waals surface area (Å²) in [6, 6.07) is 0. The maximum Gasteiger partial charge on any atom is 0.162 e. The van der Waals surface area contributed by atoms with Crippen LogP contribution in [0.4, 0.5) is 0 Å². The molecule has 1 aliphatic carbocycles. The van der Waals surface area contributed by atoms with E-state index >= 15 is 0 Å². The third-order valence-electron chi connectivity index (χ3n) is 5.20. The third-order valence-corrected chi connectivity index (χ3v) is 5.20. The summed E-state index contributed by atoms with van der Waals surface area (Å²) in [5.41, 5.74) is 1.61. The number of rotatable bonds is 6. The van der Waals surface area contributed by atoms with E-state index in [-0.39, 0.29) is 42.5 Å². The minimum atomic E-state index is -1.09. The van der Waals surface area contributed by atoms with Gasteiger partial charge in [0.2, 0.25) is 0 Å². The minimum Gasteiger partial charge on any atom is -0.509 e. The fourth-order valence-corrected chi connectivity index (χ4v) is 3.60. The average molecular weight is 364 g/mol. The van der Waals surface area contributed by atoms with Crippen LogP contribution in [0.3, 0.4) is 0 Å². The van der Waals surface area contributed by atoms with E-state index in [1.54, 1.807) is 6.92 Å². The lowest BCUT2D eigenvalue weighted by Crippen LogP contribution is -2.36. The van der Waals surface area contributed by atoms with Crippen LogP contribution < -0.4 is 0 Å². The highest BCUT2D eigenvalue weighted by Gasteiger charge is 2.44. The Hall–Kier alpha value is -1.43. The summed E-state index contributed by atoms with van der Waals surface area (Å²) in [5.74, 6) is -0.443. The predicted octanol–water partition coefficient (Wildman–Crippen LogP) is 3.51. The van der Waals surface area contributed by atoms with Crippen LogP contribution in [0.2, 0.25) is 0 Å². The zero-order chi connectivity index (χ0) is 19.5. The highest BCUT2D eigenvalue weighted by Crippen LogP contribution is 2.37. The van der Waals surface area contributed by atoms with Crippen LogP contribution in [0, 0.1) is 0 Å². The Kier molecular flexibility index (Phi) is 6.83. The van der Waals surface area contributed by atoms with Crippen molar-refractivity contribution in [3.63, 3.8) is 0 Å². The quantitative estimate of drug-likeness (QED) is 0.628. The van der Waals surface area contributed by atoms with E-state index in [1.165, 1.54) is 11.1 Å². The molecule has 1 aliphatic heterocycles. The van der Waals surface area contributed by atoms with E-state index in [0.29, 0.717) is 6.42 Å². The molecule has 0 saturated carbocycles. The number of aliphatic hydroxyl groups is 3. The molecule has 0 bridgehead atoms. The number of hydrogen-bond acceptors (Lipinski definition) is 5. The van der Waals surface area contributed by atoms with Crippen molar-refractivity contribution in [2.24, 2.45) is 0 Å². The first kappa shape index (κ1) is 20.9. The van der Waals surface area contributed by atoms with E-state index in [4.69, 9.17) is 4.74 Å². The standard InChI is InChI=1S/C21H32O5/c1-13(2)6-5-7-14(3)10-15-12-21(4,25)19(26-15)11-16-17(22)8-9-18(23)20(16)24/h6,10,15,18-19,23-25H,5,7-9,11-12H2,1-4H3/b14-10+. The molecule has 1 heterocycles. The highest BCUT2D eigenvalue weighted by atomic mass is 16.5. The first-order valence-electron chi connectivity index (χ1n) is 9.42. The normalized spacial score (nSPS) is 32.9. The number of hydrogen-bond donors (Lipinski definition) is 3. The second-order valence-electron chi connectivity index (χ2n) is 8.10. The molecule has 0 aromatic rings. The van der Waals surface area contributed by atoms with Crippen LogP contribution in [-0.2, 0) is 9.53 Å². The number of ether oxygens (including phenoxy) is 1. The SMILES string of the molecule is CC(C)=CCC/C(C)=C/C1CC(C)(O)C(CC2=C(O)C(O)CCC2=O)O1. The third kappa shape index (κ3) is 5.29. The van der Waals surface area contributed by atoms with E-state index in [0.717, 1.165) is 12.8 Å². The van der Waals surface area contributed by atoms with Gasteiger partial charge in [-0.05, 0) is 47.0 Å². The number of allylic oxidation sites excluding steroid dienone is 3. The van der Waals surface area contributed by atoms with Gasteiger partial charge in [-0.2, -0.15) is 0 Å². The van der Waals surface area contributed by atoms with Gasteiger partial charge in [0.15, 0.2) is 5.78 Å². The van der Waals surface area contributed by atoms with Gasteiger partial charge in [-0.1, -0.05) is 23.3 Å². The fourth-order valence-electron chi connectivity index (χ4n) is 3.60. The molecule has 1 fully saturated rings. The molecule has 0 aromatic heterocycles. The lowest BCUT2D eigenvalue weighted by Gasteiger charge is -2.27. The summed E-state index contributed by atoms with van der Waals surface area (Å²) in [7, 11) is 0. The Morgan fingerprint density at radius 2 is 2.04 bits per heavy atom. The molecule has 5 heteroatoms. The second kappa shape index (κ2) is 8.51. The second-order valence-corrected chi connectivity index (χ2v) is 8.10. The van der Waals surface area contributed by atoms with E-state index in [2.05, 4.69) is 26.8 Å². The van der Waals surface area contributed by atoms with Crippen molar-refractivity contribution in [2.45, 2.75) is 90.1 Å². The lowest BCUT2D eigenvalue weighted by atomic mass is 9.85.